The van der Waals surface area contributed by atoms with Crippen molar-refractivity contribution in [3.05, 3.63) is 0 Å². The van der Waals surface area contributed by atoms with Crippen molar-refractivity contribution in [1.82, 2.24) is 5.32 Å². The van der Waals surface area contributed by atoms with Gasteiger partial charge in [0.15, 0.2) is 0 Å². The lowest BCUT2D eigenvalue weighted by molar-refractivity contribution is -0.123. The van der Waals surface area contributed by atoms with Gasteiger partial charge in [-0.05, 0) is 12.8 Å². The molecule has 0 aromatic carbocycles. The molecule has 0 spiro atoms. The first-order valence-corrected chi connectivity index (χ1v) is 30.7. The van der Waals surface area contributed by atoms with Crippen molar-refractivity contribution in [3.63, 3.8) is 0 Å². The molecule has 4 nitrogen and oxygen atoms in total. The number of rotatable bonds is 58. The Balaban J connectivity index is 3.36. The Morgan fingerprint density at radius 3 is 0.692 bits per heavy atom. The summed E-state index contributed by atoms with van der Waals surface area (Å²) in [6, 6.07) is -0.532. The fourth-order valence-electron chi connectivity index (χ4n) is 10.2. The van der Waals surface area contributed by atoms with Crippen molar-refractivity contribution in [3.8, 4) is 0 Å². The van der Waals surface area contributed by atoms with E-state index in [4.69, 9.17) is 0 Å². The molecule has 0 aliphatic heterocycles. The summed E-state index contributed by atoms with van der Waals surface area (Å²) in [7, 11) is 0. The molecule has 3 N–H and O–H groups in total. The third-order valence-corrected chi connectivity index (χ3v) is 14.9. The highest BCUT2D eigenvalue weighted by molar-refractivity contribution is 5.76. The molecule has 2 atom stereocenters. The highest BCUT2D eigenvalue weighted by Crippen LogP contribution is 2.19. The fourth-order valence-corrected chi connectivity index (χ4v) is 10.2. The van der Waals surface area contributed by atoms with Gasteiger partial charge in [0.1, 0.15) is 0 Å². The Morgan fingerprint density at radius 2 is 0.492 bits per heavy atom. The maximum absolute atomic E-state index is 12.5. The van der Waals surface area contributed by atoms with E-state index >= 15 is 0 Å². The van der Waals surface area contributed by atoms with Gasteiger partial charge in [-0.15, -0.1) is 0 Å². The van der Waals surface area contributed by atoms with Gasteiger partial charge in [0.2, 0.25) is 5.91 Å². The molecule has 0 saturated heterocycles. The van der Waals surface area contributed by atoms with Crippen molar-refractivity contribution in [1.29, 1.82) is 0 Å². The average molecular weight is 919 g/mol. The van der Waals surface area contributed by atoms with Gasteiger partial charge in [-0.2, -0.15) is 0 Å². The minimum atomic E-state index is -0.655. The molecule has 0 radical (unpaired) electrons. The number of carbonyl (C=O) groups is 1. The Labute approximate surface area is 410 Å². The van der Waals surface area contributed by atoms with E-state index in [0.29, 0.717) is 12.8 Å². The van der Waals surface area contributed by atoms with Crippen LogP contribution < -0.4 is 5.32 Å². The van der Waals surface area contributed by atoms with E-state index in [9.17, 15) is 15.0 Å². The van der Waals surface area contributed by atoms with Gasteiger partial charge in [-0.3, -0.25) is 4.79 Å². The molecule has 0 aliphatic rings. The molecule has 390 valence electrons. The molecule has 0 aromatic rings. The van der Waals surface area contributed by atoms with E-state index < -0.39 is 12.1 Å². The molecule has 1 amide bonds. The molecule has 0 rings (SSSR count). The van der Waals surface area contributed by atoms with Crippen LogP contribution in [0.5, 0.6) is 0 Å². The van der Waals surface area contributed by atoms with Crippen molar-refractivity contribution in [2.45, 2.75) is 379 Å². The second-order valence-electron chi connectivity index (χ2n) is 21.5. The number of aliphatic hydroxyl groups is 2. The Hall–Kier alpha value is -0.610. The predicted molar refractivity (Wildman–Crippen MR) is 290 cm³/mol. The average Bonchev–Trinajstić information content (AvgIpc) is 3.31. The zero-order valence-corrected chi connectivity index (χ0v) is 45.1. The molecular weight excluding hydrogens is 795 g/mol. The second-order valence-corrected chi connectivity index (χ2v) is 21.5. The SMILES string of the molecule is CCCCCCCCCCCCCCCCCCCCCCCCCCCCCCCCCCC(=O)NC(CO)C(O)CCCCCCCCCCCCCCCCCCCCCCC. The molecule has 0 aromatic heterocycles. The minimum absolute atomic E-state index is 0.0209. The number of nitrogens with one attached hydrogen (secondary N) is 1. The van der Waals surface area contributed by atoms with E-state index in [1.165, 1.54) is 315 Å². The molecule has 2 unspecified atom stereocenters. The minimum Gasteiger partial charge on any atom is -0.394 e. The monoisotopic (exact) mass is 918 g/mol. The van der Waals surface area contributed by atoms with E-state index in [2.05, 4.69) is 19.2 Å². The standard InChI is InChI=1S/C61H123NO3/c1-3-5-7-9-11-13-15-17-19-21-23-25-26-27-28-29-30-31-32-33-34-35-37-39-41-43-45-47-49-51-53-55-57-61(65)62-59(58-63)60(64)56-54-52-50-48-46-44-42-40-38-36-24-22-20-18-16-14-12-10-8-6-4-2/h59-60,63-64H,3-58H2,1-2H3,(H,62,65). The van der Waals surface area contributed by atoms with Gasteiger partial charge in [0, 0.05) is 6.42 Å². The smallest absolute Gasteiger partial charge is 0.220 e. The summed E-state index contributed by atoms with van der Waals surface area (Å²) in [4.78, 5) is 12.5. The third kappa shape index (κ3) is 54.2. The van der Waals surface area contributed by atoms with E-state index in [1.54, 1.807) is 0 Å². The Kier molecular flexibility index (Phi) is 57.2. The first kappa shape index (κ1) is 64.4. The van der Waals surface area contributed by atoms with Crippen molar-refractivity contribution in [2.75, 3.05) is 6.61 Å². The third-order valence-electron chi connectivity index (χ3n) is 14.9. The number of unbranched alkanes of at least 4 members (excludes halogenated alkanes) is 51. The number of hydrogen-bond acceptors (Lipinski definition) is 3. The molecule has 0 saturated carbocycles. The summed E-state index contributed by atoms with van der Waals surface area (Å²) in [5.74, 6) is -0.0209. The van der Waals surface area contributed by atoms with Crippen molar-refractivity contribution >= 4 is 5.91 Å². The normalized spacial score (nSPS) is 12.6. The quantitative estimate of drug-likeness (QED) is 0.0533. The summed E-state index contributed by atoms with van der Waals surface area (Å²) in [5.41, 5.74) is 0. The van der Waals surface area contributed by atoms with Crippen LogP contribution in [0.4, 0.5) is 0 Å². The molecule has 65 heavy (non-hydrogen) atoms. The summed E-state index contributed by atoms with van der Waals surface area (Å²) in [6.45, 7) is 4.41. The van der Waals surface area contributed by atoms with Gasteiger partial charge in [-0.1, -0.05) is 348 Å². The highest BCUT2D eigenvalue weighted by atomic mass is 16.3. The number of carbonyl (C=O) groups excluding carboxylic acids is 1. The zero-order chi connectivity index (χ0) is 47.0. The van der Waals surface area contributed by atoms with Crippen molar-refractivity contribution < 1.29 is 15.0 Å². The number of hydrogen-bond donors (Lipinski definition) is 3. The molecule has 0 bridgehead atoms. The largest absolute Gasteiger partial charge is 0.394 e. The first-order valence-electron chi connectivity index (χ1n) is 30.7. The van der Waals surface area contributed by atoms with Crippen LogP contribution in [0.25, 0.3) is 0 Å². The van der Waals surface area contributed by atoms with Crippen LogP contribution in [-0.2, 0) is 4.79 Å². The molecule has 0 fully saturated rings. The molecule has 0 heterocycles. The predicted octanol–water partition coefficient (Wildman–Crippen LogP) is 20.3. The fraction of sp³-hybridized carbons (Fsp3) is 0.984. The van der Waals surface area contributed by atoms with Crippen LogP contribution in [0.2, 0.25) is 0 Å². The van der Waals surface area contributed by atoms with Gasteiger partial charge in [0.25, 0.3) is 0 Å². The lowest BCUT2D eigenvalue weighted by Crippen LogP contribution is -2.45. The van der Waals surface area contributed by atoms with Crippen LogP contribution in [0.3, 0.4) is 0 Å². The topological polar surface area (TPSA) is 69.6 Å². The zero-order valence-electron chi connectivity index (χ0n) is 45.1. The number of aliphatic hydroxyl groups excluding tert-OH is 2. The molecule has 0 aliphatic carbocycles. The van der Waals surface area contributed by atoms with Crippen LogP contribution in [0.1, 0.15) is 367 Å². The highest BCUT2D eigenvalue weighted by Gasteiger charge is 2.20. The maximum Gasteiger partial charge on any atom is 0.220 e. The summed E-state index contributed by atoms with van der Waals surface area (Å²) >= 11 is 0. The first-order chi connectivity index (χ1) is 32.2. The summed E-state index contributed by atoms with van der Waals surface area (Å²) in [6.07, 6.45) is 74.1. The van der Waals surface area contributed by atoms with Crippen LogP contribution in [0, 0.1) is 0 Å². The summed E-state index contributed by atoms with van der Waals surface area (Å²) < 4.78 is 0. The molecular formula is C61H123NO3. The van der Waals surface area contributed by atoms with Gasteiger partial charge in [-0.25, -0.2) is 0 Å². The lowest BCUT2D eigenvalue weighted by Gasteiger charge is -2.22. The molecule has 4 heteroatoms. The summed E-state index contributed by atoms with van der Waals surface area (Å²) in [5, 5.41) is 23.4. The second kappa shape index (κ2) is 57.7. The van der Waals surface area contributed by atoms with E-state index in [0.717, 1.165) is 25.7 Å². The van der Waals surface area contributed by atoms with Gasteiger partial charge >= 0.3 is 0 Å². The van der Waals surface area contributed by atoms with Gasteiger partial charge in [0.05, 0.1) is 18.8 Å². The maximum atomic E-state index is 12.5. The Morgan fingerprint density at radius 1 is 0.308 bits per heavy atom. The lowest BCUT2D eigenvalue weighted by atomic mass is 10.0. The van der Waals surface area contributed by atoms with Crippen LogP contribution in [0.15, 0.2) is 0 Å². The van der Waals surface area contributed by atoms with E-state index in [-0.39, 0.29) is 12.5 Å². The Bertz CT molecular complexity index is 864. The van der Waals surface area contributed by atoms with Crippen molar-refractivity contribution in [2.24, 2.45) is 0 Å². The van der Waals surface area contributed by atoms with E-state index in [1.807, 2.05) is 0 Å². The number of amides is 1. The van der Waals surface area contributed by atoms with Crippen LogP contribution >= 0.6 is 0 Å². The van der Waals surface area contributed by atoms with Gasteiger partial charge < -0.3 is 15.5 Å². The van der Waals surface area contributed by atoms with Crippen LogP contribution in [-0.4, -0.2) is 34.9 Å².